The number of hydrogen-bond acceptors (Lipinski definition) is 0. The maximum absolute atomic E-state index is 2.46. The summed E-state index contributed by atoms with van der Waals surface area (Å²) in [5.41, 5.74) is 0. The average molecular weight is 295 g/mol. The zero-order valence-corrected chi connectivity index (χ0v) is 15.8. The highest BCUT2D eigenvalue weighted by atomic mass is 14.3. The molecule has 0 heteroatoms. The van der Waals surface area contributed by atoms with E-state index in [0.717, 1.165) is 35.5 Å². The lowest BCUT2D eigenvalue weighted by Gasteiger charge is -2.37. The zero-order valence-electron chi connectivity index (χ0n) is 15.8. The van der Waals surface area contributed by atoms with Crippen LogP contribution in [0, 0.1) is 35.5 Å². The largest absolute Gasteiger partial charge is 0.0651 e. The molecule has 0 nitrogen and oxygen atoms in total. The first-order valence-corrected chi connectivity index (χ1v) is 9.90. The summed E-state index contributed by atoms with van der Waals surface area (Å²) in [6, 6.07) is 0. The Balaban J connectivity index is 2.50. The van der Waals surface area contributed by atoms with Crippen molar-refractivity contribution >= 4 is 0 Å². The third-order valence-corrected chi connectivity index (χ3v) is 5.74. The topological polar surface area (TPSA) is 0 Å². The summed E-state index contributed by atoms with van der Waals surface area (Å²) >= 11 is 0. The summed E-state index contributed by atoms with van der Waals surface area (Å²) in [6.07, 6.45) is 13.3. The van der Waals surface area contributed by atoms with Gasteiger partial charge in [0.25, 0.3) is 0 Å². The van der Waals surface area contributed by atoms with Crippen molar-refractivity contribution in [2.45, 2.75) is 99.3 Å². The average Bonchev–Trinajstić information content (AvgIpc) is 2.42. The Hall–Kier alpha value is 0. The van der Waals surface area contributed by atoms with Crippen LogP contribution in [0.15, 0.2) is 0 Å². The van der Waals surface area contributed by atoms with Crippen molar-refractivity contribution in [3.63, 3.8) is 0 Å². The van der Waals surface area contributed by atoms with Crippen LogP contribution >= 0.6 is 0 Å². The first kappa shape index (κ1) is 19.0. The molecule has 0 spiro atoms. The van der Waals surface area contributed by atoms with E-state index < -0.39 is 0 Å². The SMILES string of the molecule is CCC(C)CC1CC(CCC(C)C)CC(CCC(C)C)C1. The molecule has 1 aliphatic carbocycles. The van der Waals surface area contributed by atoms with Gasteiger partial charge in [0.2, 0.25) is 0 Å². The normalized spacial score (nSPS) is 28.3. The molecule has 0 aromatic heterocycles. The van der Waals surface area contributed by atoms with Crippen LogP contribution in [0.5, 0.6) is 0 Å². The molecule has 0 aliphatic heterocycles. The summed E-state index contributed by atoms with van der Waals surface area (Å²) in [6.45, 7) is 14.4. The molecule has 1 rings (SSSR count). The lowest BCUT2D eigenvalue weighted by molar-refractivity contribution is 0.149. The Bertz CT molecular complexity index is 233. The molecule has 0 radical (unpaired) electrons. The van der Waals surface area contributed by atoms with Gasteiger partial charge in [-0.2, -0.15) is 0 Å². The summed E-state index contributed by atoms with van der Waals surface area (Å²) < 4.78 is 0. The van der Waals surface area contributed by atoms with Gasteiger partial charge < -0.3 is 0 Å². The van der Waals surface area contributed by atoms with Crippen molar-refractivity contribution in [3.8, 4) is 0 Å². The molecule has 1 saturated carbocycles. The van der Waals surface area contributed by atoms with Crippen LogP contribution in [0.1, 0.15) is 99.3 Å². The second-order valence-corrected chi connectivity index (χ2v) is 9.00. The van der Waals surface area contributed by atoms with E-state index in [1.54, 1.807) is 0 Å². The summed E-state index contributed by atoms with van der Waals surface area (Å²) in [4.78, 5) is 0. The lowest BCUT2D eigenvalue weighted by atomic mass is 9.69. The van der Waals surface area contributed by atoms with Crippen molar-refractivity contribution in [3.05, 3.63) is 0 Å². The van der Waals surface area contributed by atoms with Gasteiger partial charge in [-0.3, -0.25) is 0 Å². The minimum atomic E-state index is 0.883. The van der Waals surface area contributed by atoms with E-state index in [2.05, 4.69) is 41.5 Å². The monoisotopic (exact) mass is 294 g/mol. The maximum Gasteiger partial charge on any atom is -0.0406 e. The minimum absolute atomic E-state index is 0.883. The van der Waals surface area contributed by atoms with Crippen molar-refractivity contribution in [2.24, 2.45) is 35.5 Å². The zero-order chi connectivity index (χ0) is 15.8. The highest BCUT2D eigenvalue weighted by molar-refractivity contribution is 4.80. The first-order chi connectivity index (χ1) is 9.90. The van der Waals surface area contributed by atoms with Crippen LogP contribution in [0.25, 0.3) is 0 Å². The van der Waals surface area contributed by atoms with Crippen LogP contribution in [0.3, 0.4) is 0 Å². The third-order valence-electron chi connectivity index (χ3n) is 5.74. The highest BCUT2D eigenvalue weighted by Crippen LogP contribution is 2.41. The molecule has 0 aromatic carbocycles. The maximum atomic E-state index is 2.46. The van der Waals surface area contributed by atoms with Gasteiger partial charge in [0.1, 0.15) is 0 Å². The van der Waals surface area contributed by atoms with E-state index >= 15 is 0 Å². The van der Waals surface area contributed by atoms with Crippen LogP contribution in [0.2, 0.25) is 0 Å². The van der Waals surface area contributed by atoms with Gasteiger partial charge in [0.15, 0.2) is 0 Å². The number of hydrogen-bond donors (Lipinski definition) is 0. The van der Waals surface area contributed by atoms with Gasteiger partial charge in [-0.05, 0) is 61.2 Å². The van der Waals surface area contributed by atoms with Crippen molar-refractivity contribution in [2.75, 3.05) is 0 Å². The Morgan fingerprint density at radius 2 is 1.14 bits per heavy atom. The molecule has 0 heterocycles. The minimum Gasteiger partial charge on any atom is -0.0651 e. The smallest absolute Gasteiger partial charge is 0.0406 e. The van der Waals surface area contributed by atoms with Crippen LogP contribution < -0.4 is 0 Å². The van der Waals surface area contributed by atoms with Gasteiger partial charge in [0.05, 0.1) is 0 Å². The summed E-state index contributed by atoms with van der Waals surface area (Å²) in [5, 5.41) is 0. The Morgan fingerprint density at radius 1 is 0.714 bits per heavy atom. The van der Waals surface area contributed by atoms with Gasteiger partial charge in [0, 0.05) is 0 Å². The van der Waals surface area contributed by atoms with E-state index in [0.29, 0.717) is 0 Å². The fraction of sp³-hybridized carbons (Fsp3) is 1.00. The Kier molecular flexibility index (Phi) is 8.98. The third kappa shape index (κ3) is 8.27. The predicted octanol–water partition coefficient (Wildman–Crippen LogP) is 7.33. The molecule has 0 aromatic rings. The van der Waals surface area contributed by atoms with Gasteiger partial charge in [-0.1, -0.05) is 73.6 Å². The molecule has 21 heavy (non-hydrogen) atoms. The first-order valence-electron chi connectivity index (χ1n) is 9.90. The molecule has 3 unspecified atom stereocenters. The van der Waals surface area contributed by atoms with Crippen LogP contribution in [-0.4, -0.2) is 0 Å². The van der Waals surface area contributed by atoms with Crippen molar-refractivity contribution in [1.82, 2.24) is 0 Å². The second-order valence-electron chi connectivity index (χ2n) is 9.00. The lowest BCUT2D eigenvalue weighted by Crippen LogP contribution is -2.25. The quantitative estimate of drug-likeness (QED) is 0.417. The fourth-order valence-electron chi connectivity index (χ4n) is 4.24. The van der Waals surface area contributed by atoms with Gasteiger partial charge in [-0.15, -0.1) is 0 Å². The predicted molar refractivity (Wildman–Crippen MR) is 96.5 cm³/mol. The van der Waals surface area contributed by atoms with E-state index in [-0.39, 0.29) is 0 Å². The summed E-state index contributed by atoms with van der Waals surface area (Å²) in [5.74, 6) is 5.80. The van der Waals surface area contributed by atoms with Gasteiger partial charge >= 0.3 is 0 Å². The van der Waals surface area contributed by atoms with E-state index in [1.165, 1.54) is 57.8 Å². The second kappa shape index (κ2) is 9.90. The number of rotatable bonds is 9. The molecule has 0 N–H and O–H groups in total. The Morgan fingerprint density at radius 3 is 1.52 bits per heavy atom. The molecule has 0 amide bonds. The summed E-state index contributed by atoms with van der Waals surface area (Å²) in [7, 11) is 0. The van der Waals surface area contributed by atoms with Crippen LogP contribution in [0.4, 0.5) is 0 Å². The highest BCUT2D eigenvalue weighted by Gasteiger charge is 2.29. The molecular weight excluding hydrogens is 252 g/mol. The molecule has 1 fully saturated rings. The van der Waals surface area contributed by atoms with Crippen molar-refractivity contribution < 1.29 is 0 Å². The molecular formula is C21H42. The van der Waals surface area contributed by atoms with Crippen molar-refractivity contribution in [1.29, 1.82) is 0 Å². The molecule has 0 bridgehead atoms. The Labute approximate surface area is 135 Å². The van der Waals surface area contributed by atoms with E-state index in [1.807, 2.05) is 0 Å². The molecule has 0 saturated heterocycles. The molecule has 126 valence electrons. The molecule has 3 atom stereocenters. The molecule has 1 aliphatic rings. The van der Waals surface area contributed by atoms with E-state index in [4.69, 9.17) is 0 Å². The van der Waals surface area contributed by atoms with Crippen LogP contribution in [-0.2, 0) is 0 Å². The fourth-order valence-corrected chi connectivity index (χ4v) is 4.24. The van der Waals surface area contributed by atoms with E-state index in [9.17, 15) is 0 Å². The van der Waals surface area contributed by atoms with Gasteiger partial charge in [-0.25, -0.2) is 0 Å². The standard InChI is InChI=1S/C21H42/c1-7-18(6)12-21-14-19(10-8-16(2)3)13-20(15-21)11-9-17(4)5/h16-21H,7-15H2,1-6H3.